The second-order valence-corrected chi connectivity index (χ2v) is 4.90. The smallest absolute Gasteiger partial charge is 0.259 e. The van der Waals surface area contributed by atoms with Gasteiger partial charge in [-0.3, -0.25) is 4.90 Å². The van der Waals surface area contributed by atoms with Gasteiger partial charge in [-0.1, -0.05) is 0 Å². The van der Waals surface area contributed by atoms with Crippen LogP contribution < -0.4 is 9.47 Å². The van der Waals surface area contributed by atoms with Gasteiger partial charge in [-0.15, -0.1) is 0 Å². The predicted molar refractivity (Wildman–Crippen MR) is 63.2 cm³/mol. The largest absolute Gasteiger partial charge is 0.280 e. The van der Waals surface area contributed by atoms with Crippen LogP contribution in [0.2, 0.25) is 0 Å². The maximum absolute atomic E-state index is 2.51. The molecule has 1 aromatic rings. The molecule has 0 unspecified atom stereocenters. The van der Waals surface area contributed by atoms with E-state index >= 15 is 0 Å². The predicted octanol–water partition coefficient (Wildman–Crippen LogP) is 2.33. The maximum atomic E-state index is 2.51. The van der Waals surface area contributed by atoms with Crippen LogP contribution in [0.15, 0.2) is 18.3 Å². The van der Waals surface area contributed by atoms with Gasteiger partial charge >= 0.3 is 0 Å². The van der Waals surface area contributed by atoms with Gasteiger partial charge in [-0.05, 0) is 39.8 Å². The van der Waals surface area contributed by atoms with Crippen LogP contribution in [0.5, 0.6) is 0 Å². The Hall–Kier alpha value is -1.05. The fourth-order valence-electron chi connectivity index (χ4n) is 2.36. The third-order valence-electron chi connectivity index (χ3n) is 3.15. The zero-order valence-corrected chi connectivity index (χ0v) is 10.2. The fraction of sp³-hybridized carbons (Fsp3) is 0.615. The summed E-state index contributed by atoms with van der Waals surface area (Å²) in [4.78, 5) is 2.51. The molecule has 0 saturated heterocycles. The second-order valence-electron chi connectivity index (χ2n) is 4.90. The summed E-state index contributed by atoms with van der Waals surface area (Å²) in [5, 5.41) is 0. The van der Waals surface area contributed by atoms with E-state index in [2.05, 4.69) is 55.5 Å². The van der Waals surface area contributed by atoms with Crippen molar-refractivity contribution >= 4 is 5.82 Å². The Morgan fingerprint density at radius 2 is 2.00 bits per heavy atom. The fourth-order valence-corrected chi connectivity index (χ4v) is 2.36. The number of pyridine rings is 1. The molecule has 15 heavy (non-hydrogen) atoms. The lowest BCUT2D eigenvalue weighted by molar-refractivity contribution is -0.704. The van der Waals surface area contributed by atoms with E-state index in [4.69, 9.17) is 0 Å². The van der Waals surface area contributed by atoms with E-state index in [9.17, 15) is 0 Å². The van der Waals surface area contributed by atoms with Crippen molar-refractivity contribution in [1.82, 2.24) is 0 Å². The van der Waals surface area contributed by atoms with Crippen molar-refractivity contribution in [2.24, 2.45) is 0 Å². The Morgan fingerprint density at radius 1 is 1.27 bits per heavy atom. The Bertz CT molecular complexity index is 356. The standard InChI is InChI=1S/C13H21N2/c1-10(2)14-8-5-6-12-7-9-15(11(3)4)13(12)14/h5-6,8,10-11H,7,9H2,1-4H3/q+1. The topological polar surface area (TPSA) is 7.12 Å². The molecule has 0 aromatic carbocycles. The lowest BCUT2D eigenvalue weighted by atomic mass is 10.2. The summed E-state index contributed by atoms with van der Waals surface area (Å²) in [5.41, 5.74) is 1.50. The van der Waals surface area contributed by atoms with E-state index in [0.29, 0.717) is 12.1 Å². The third-order valence-corrected chi connectivity index (χ3v) is 3.15. The molecule has 1 aromatic heterocycles. The summed E-state index contributed by atoms with van der Waals surface area (Å²) in [7, 11) is 0. The molecule has 1 aliphatic heterocycles. The quantitative estimate of drug-likeness (QED) is 0.672. The molecule has 2 heterocycles. The highest BCUT2D eigenvalue weighted by Gasteiger charge is 2.32. The summed E-state index contributed by atoms with van der Waals surface area (Å²) >= 11 is 0. The first-order valence-corrected chi connectivity index (χ1v) is 5.91. The van der Waals surface area contributed by atoms with Crippen molar-refractivity contribution in [2.75, 3.05) is 11.4 Å². The average molecular weight is 205 g/mol. The summed E-state index contributed by atoms with van der Waals surface area (Å²) in [6.45, 7) is 10.2. The molecule has 2 rings (SSSR count). The molecular formula is C13H21N2+. The van der Waals surface area contributed by atoms with E-state index < -0.39 is 0 Å². The molecule has 0 aliphatic carbocycles. The highest BCUT2D eigenvalue weighted by Crippen LogP contribution is 2.26. The molecule has 0 amide bonds. The third kappa shape index (κ3) is 1.73. The van der Waals surface area contributed by atoms with Crippen LogP contribution in [0.3, 0.4) is 0 Å². The van der Waals surface area contributed by atoms with Crippen LogP contribution in [0.4, 0.5) is 5.82 Å². The van der Waals surface area contributed by atoms with Crippen molar-refractivity contribution in [2.45, 2.75) is 46.2 Å². The van der Waals surface area contributed by atoms with Crippen LogP contribution >= 0.6 is 0 Å². The molecule has 1 aliphatic rings. The van der Waals surface area contributed by atoms with Gasteiger partial charge in [-0.2, -0.15) is 0 Å². The van der Waals surface area contributed by atoms with Crippen LogP contribution in [0.1, 0.15) is 39.3 Å². The van der Waals surface area contributed by atoms with Crippen molar-refractivity contribution < 1.29 is 4.57 Å². The minimum atomic E-state index is 0.541. The lowest BCUT2D eigenvalue weighted by Crippen LogP contribution is -2.44. The van der Waals surface area contributed by atoms with Crippen LogP contribution in [-0.4, -0.2) is 12.6 Å². The van der Waals surface area contributed by atoms with Gasteiger partial charge in [0.05, 0.1) is 24.8 Å². The number of rotatable bonds is 2. The minimum absolute atomic E-state index is 0.541. The van der Waals surface area contributed by atoms with Crippen LogP contribution in [0.25, 0.3) is 0 Å². The molecule has 0 spiro atoms. The molecule has 0 N–H and O–H groups in total. The molecule has 0 bridgehead atoms. The van der Waals surface area contributed by atoms with E-state index in [1.807, 2.05) is 0 Å². The molecule has 2 heteroatoms. The second kappa shape index (κ2) is 3.84. The summed E-state index contributed by atoms with van der Waals surface area (Å²) < 4.78 is 2.39. The zero-order chi connectivity index (χ0) is 11.0. The van der Waals surface area contributed by atoms with Gasteiger partial charge in [0.25, 0.3) is 5.82 Å². The molecule has 2 nitrogen and oxygen atoms in total. The number of fused-ring (bicyclic) bond motifs is 1. The number of aromatic nitrogens is 1. The van der Waals surface area contributed by atoms with Crippen molar-refractivity contribution in [3.05, 3.63) is 23.9 Å². The van der Waals surface area contributed by atoms with E-state index in [1.54, 1.807) is 0 Å². The Balaban J connectivity index is 2.48. The minimum Gasteiger partial charge on any atom is -0.259 e. The SMILES string of the molecule is CC(C)N1CCc2ccc[n+](C(C)C)c21. The lowest BCUT2D eigenvalue weighted by Gasteiger charge is -2.19. The van der Waals surface area contributed by atoms with E-state index in [-0.39, 0.29) is 0 Å². The molecule has 0 atom stereocenters. The number of anilines is 1. The normalized spacial score (nSPS) is 15.2. The Kier molecular flexibility index (Phi) is 2.68. The van der Waals surface area contributed by atoms with Crippen LogP contribution in [-0.2, 0) is 6.42 Å². The highest BCUT2D eigenvalue weighted by atomic mass is 15.3. The highest BCUT2D eigenvalue weighted by molar-refractivity contribution is 5.48. The monoisotopic (exact) mass is 205 g/mol. The Morgan fingerprint density at radius 3 is 2.60 bits per heavy atom. The van der Waals surface area contributed by atoms with Gasteiger partial charge in [0.1, 0.15) is 0 Å². The molecular weight excluding hydrogens is 184 g/mol. The van der Waals surface area contributed by atoms with Gasteiger partial charge < -0.3 is 0 Å². The summed E-state index contributed by atoms with van der Waals surface area (Å²) in [6, 6.07) is 5.57. The van der Waals surface area contributed by atoms with Crippen LogP contribution in [0, 0.1) is 0 Å². The van der Waals surface area contributed by atoms with E-state index in [1.165, 1.54) is 24.3 Å². The van der Waals surface area contributed by atoms with Crippen molar-refractivity contribution in [3.63, 3.8) is 0 Å². The van der Waals surface area contributed by atoms with Gasteiger partial charge in [0.2, 0.25) is 0 Å². The molecule has 82 valence electrons. The van der Waals surface area contributed by atoms with Crippen molar-refractivity contribution in [3.8, 4) is 0 Å². The first kappa shape index (κ1) is 10.5. The summed E-state index contributed by atoms with van der Waals surface area (Å²) in [6.07, 6.45) is 3.39. The average Bonchev–Trinajstić information content (AvgIpc) is 2.60. The zero-order valence-electron chi connectivity index (χ0n) is 10.2. The first-order valence-electron chi connectivity index (χ1n) is 5.91. The molecule has 0 saturated carbocycles. The van der Waals surface area contributed by atoms with E-state index in [0.717, 1.165) is 0 Å². The number of hydrogen-bond acceptors (Lipinski definition) is 1. The van der Waals surface area contributed by atoms with Crippen molar-refractivity contribution in [1.29, 1.82) is 0 Å². The molecule has 0 fully saturated rings. The number of nitrogens with zero attached hydrogens (tertiary/aromatic N) is 2. The number of hydrogen-bond donors (Lipinski definition) is 0. The Labute approximate surface area is 92.5 Å². The van der Waals surface area contributed by atoms with Gasteiger partial charge in [0, 0.05) is 12.0 Å². The molecule has 0 radical (unpaired) electrons. The van der Waals surface area contributed by atoms with Gasteiger partial charge in [-0.25, -0.2) is 4.57 Å². The first-order chi connectivity index (χ1) is 7.11. The van der Waals surface area contributed by atoms with Gasteiger partial charge in [0.15, 0.2) is 0 Å². The summed E-state index contributed by atoms with van der Waals surface area (Å²) in [5.74, 6) is 1.43. The maximum Gasteiger partial charge on any atom is 0.280 e.